The molecule has 0 radical (unpaired) electrons. The molecule has 1 amide bonds. The number of ether oxygens (including phenoxy) is 1. The number of carbonyl (C=O) groups excluding carboxylic acids is 1. The number of hydrogen-bond acceptors (Lipinski definition) is 3. The number of nitrogens with one attached hydrogen (secondary N) is 1. The highest BCUT2D eigenvalue weighted by Crippen LogP contribution is 2.43. The number of hydrogen-bond donors (Lipinski definition) is 1. The van der Waals surface area contributed by atoms with Crippen LogP contribution in [0.15, 0.2) is 42.5 Å². The summed E-state index contributed by atoms with van der Waals surface area (Å²) in [5.41, 5.74) is 4.34. The zero-order valence-electron chi connectivity index (χ0n) is 16.5. The molecule has 0 atom stereocenters. The second-order valence-corrected chi connectivity index (χ2v) is 8.56. The minimum atomic E-state index is -0.0518. The highest BCUT2D eigenvalue weighted by Gasteiger charge is 2.43. The van der Waals surface area contributed by atoms with E-state index in [9.17, 15) is 4.79 Å². The van der Waals surface area contributed by atoms with Crippen molar-refractivity contribution in [1.82, 2.24) is 10.2 Å². The lowest BCUT2D eigenvalue weighted by Gasteiger charge is -2.45. The summed E-state index contributed by atoms with van der Waals surface area (Å²) in [6.45, 7) is 2.35. The van der Waals surface area contributed by atoms with Gasteiger partial charge in [-0.15, -0.1) is 0 Å². The van der Waals surface area contributed by atoms with Crippen LogP contribution in [0.3, 0.4) is 0 Å². The van der Waals surface area contributed by atoms with E-state index in [1.54, 1.807) is 7.05 Å². The molecule has 1 spiro atoms. The summed E-state index contributed by atoms with van der Waals surface area (Å²) < 4.78 is 6.49. The fraction of sp³-hybridized carbons (Fsp3) is 0.458. The van der Waals surface area contributed by atoms with Crippen LogP contribution in [0, 0.1) is 0 Å². The zero-order valence-corrected chi connectivity index (χ0v) is 16.5. The maximum atomic E-state index is 11.7. The van der Waals surface area contributed by atoms with Crippen molar-refractivity contribution >= 4 is 5.91 Å². The third-order valence-electron chi connectivity index (χ3n) is 6.91. The maximum Gasteiger partial charge on any atom is 0.251 e. The van der Waals surface area contributed by atoms with Crippen LogP contribution in [-0.4, -0.2) is 42.6 Å². The van der Waals surface area contributed by atoms with E-state index in [1.165, 1.54) is 43.5 Å². The number of nitrogens with zero attached hydrogens (tertiary/aromatic N) is 1. The van der Waals surface area contributed by atoms with Gasteiger partial charge in [0.05, 0.1) is 0 Å². The predicted octanol–water partition coefficient (Wildman–Crippen LogP) is 4.04. The normalized spacial score (nSPS) is 21.0. The Kier molecular flexibility index (Phi) is 4.39. The van der Waals surface area contributed by atoms with E-state index in [-0.39, 0.29) is 11.5 Å². The number of amides is 1. The number of fused-ring (bicyclic) bond motifs is 1. The Morgan fingerprint density at radius 1 is 1.07 bits per heavy atom. The lowest BCUT2D eigenvalue weighted by Crippen LogP contribution is -2.52. The van der Waals surface area contributed by atoms with Crippen LogP contribution in [0.25, 0.3) is 11.1 Å². The summed E-state index contributed by atoms with van der Waals surface area (Å²) in [6.07, 6.45) is 7.46. The van der Waals surface area contributed by atoms with Crippen molar-refractivity contribution in [3.05, 3.63) is 53.6 Å². The van der Waals surface area contributed by atoms with E-state index < -0.39 is 0 Å². The Morgan fingerprint density at radius 2 is 1.79 bits per heavy atom. The Morgan fingerprint density at radius 3 is 2.43 bits per heavy atom. The molecule has 28 heavy (non-hydrogen) atoms. The van der Waals surface area contributed by atoms with E-state index in [2.05, 4.69) is 28.4 Å². The van der Waals surface area contributed by atoms with Gasteiger partial charge in [0.1, 0.15) is 11.4 Å². The SMILES string of the molecule is CNC(=O)c1ccc(-c2ccc3c(c2)CC2(CCN(C4CCC4)CC2)O3)cc1. The predicted molar refractivity (Wildman–Crippen MR) is 111 cm³/mol. The van der Waals surface area contributed by atoms with Gasteiger partial charge in [0, 0.05) is 51.0 Å². The van der Waals surface area contributed by atoms with Gasteiger partial charge in [0.2, 0.25) is 0 Å². The molecule has 3 aliphatic rings. The topological polar surface area (TPSA) is 41.6 Å². The van der Waals surface area contributed by atoms with Gasteiger partial charge in [-0.25, -0.2) is 0 Å². The smallest absolute Gasteiger partial charge is 0.251 e. The zero-order chi connectivity index (χ0) is 19.1. The Labute approximate surface area is 166 Å². The third-order valence-corrected chi connectivity index (χ3v) is 6.91. The minimum Gasteiger partial charge on any atom is -0.487 e. The van der Waals surface area contributed by atoms with Gasteiger partial charge >= 0.3 is 0 Å². The summed E-state index contributed by atoms with van der Waals surface area (Å²) in [5.74, 6) is 1.01. The fourth-order valence-corrected chi connectivity index (χ4v) is 4.90. The summed E-state index contributed by atoms with van der Waals surface area (Å²) >= 11 is 0. The average Bonchev–Trinajstić information content (AvgIpc) is 3.05. The first-order valence-electron chi connectivity index (χ1n) is 10.5. The number of carbonyl (C=O) groups is 1. The summed E-state index contributed by atoms with van der Waals surface area (Å²) in [6, 6.07) is 15.2. The van der Waals surface area contributed by atoms with Crippen LogP contribution in [0.1, 0.15) is 48.0 Å². The monoisotopic (exact) mass is 376 g/mol. The third kappa shape index (κ3) is 3.10. The second-order valence-electron chi connectivity index (χ2n) is 8.56. The Hall–Kier alpha value is -2.33. The van der Waals surface area contributed by atoms with Crippen molar-refractivity contribution < 1.29 is 9.53 Å². The molecule has 1 saturated carbocycles. The lowest BCUT2D eigenvalue weighted by atomic mass is 9.83. The number of rotatable bonds is 3. The molecular weight excluding hydrogens is 348 g/mol. The molecule has 1 saturated heterocycles. The van der Waals surface area contributed by atoms with Crippen LogP contribution in [0.4, 0.5) is 0 Å². The summed E-state index contributed by atoms with van der Waals surface area (Å²) in [5, 5.41) is 2.67. The van der Waals surface area contributed by atoms with Crippen molar-refractivity contribution in [3.8, 4) is 16.9 Å². The molecule has 146 valence electrons. The highest BCUT2D eigenvalue weighted by atomic mass is 16.5. The summed E-state index contributed by atoms with van der Waals surface area (Å²) in [7, 11) is 1.66. The van der Waals surface area contributed by atoms with Crippen LogP contribution in [0.5, 0.6) is 5.75 Å². The molecule has 1 aliphatic carbocycles. The van der Waals surface area contributed by atoms with Gasteiger partial charge < -0.3 is 15.0 Å². The van der Waals surface area contributed by atoms with E-state index in [0.29, 0.717) is 5.56 Å². The molecule has 0 unspecified atom stereocenters. The van der Waals surface area contributed by atoms with Gasteiger partial charge in [-0.3, -0.25) is 4.79 Å². The van der Waals surface area contributed by atoms with Crippen molar-refractivity contribution in [2.75, 3.05) is 20.1 Å². The van der Waals surface area contributed by atoms with Crippen LogP contribution in [-0.2, 0) is 6.42 Å². The van der Waals surface area contributed by atoms with Crippen molar-refractivity contribution in [1.29, 1.82) is 0 Å². The van der Waals surface area contributed by atoms with E-state index in [0.717, 1.165) is 36.6 Å². The number of piperidine rings is 1. The minimum absolute atomic E-state index is 0.00424. The van der Waals surface area contributed by atoms with Gasteiger partial charge in [0.25, 0.3) is 5.91 Å². The molecule has 5 rings (SSSR count). The second kappa shape index (κ2) is 6.93. The first-order valence-corrected chi connectivity index (χ1v) is 10.5. The standard InChI is InChI=1S/C24H28N2O2/c1-25-23(27)18-7-5-17(6-8-18)19-9-10-22-20(15-19)16-24(28-22)11-13-26(14-12-24)21-3-2-4-21/h5-10,15,21H,2-4,11-14,16H2,1H3,(H,25,27). The molecule has 4 nitrogen and oxygen atoms in total. The number of likely N-dealkylation sites (tertiary alicyclic amines) is 1. The van der Waals surface area contributed by atoms with Gasteiger partial charge in [0.15, 0.2) is 0 Å². The Balaban J connectivity index is 1.30. The molecule has 2 aromatic rings. The first kappa shape index (κ1) is 17.7. The number of benzene rings is 2. The fourth-order valence-electron chi connectivity index (χ4n) is 4.90. The van der Waals surface area contributed by atoms with Crippen LogP contribution < -0.4 is 10.1 Å². The first-order chi connectivity index (χ1) is 13.7. The molecule has 2 heterocycles. The van der Waals surface area contributed by atoms with Crippen molar-refractivity contribution in [3.63, 3.8) is 0 Å². The van der Waals surface area contributed by atoms with Crippen LogP contribution in [0.2, 0.25) is 0 Å². The molecule has 2 aromatic carbocycles. The highest BCUT2D eigenvalue weighted by molar-refractivity contribution is 5.94. The Bertz CT molecular complexity index is 878. The van der Waals surface area contributed by atoms with Crippen molar-refractivity contribution in [2.45, 2.75) is 50.2 Å². The quantitative estimate of drug-likeness (QED) is 0.879. The molecule has 0 aromatic heterocycles. The van der Waals surface area contributed by atoms with E-state index >= 15 is 0 Å². The molecular formula is C24H28N2O2. The largest absolute Gasteiger partial charge is 0.487 e. The molecule has 4 heteroatoms. The van der Waals surface area contributed by atoms with E-state index in [4.69, 9.17) is 4.74 Å². The maximum absolute atomic E-state index is 11.7. The van der Waals surface area contributed by atoms with Gasteiger partial charge in [-0.2, -0.15) is 0 Å². The van der Waals surface area contributed by atoms with Crippen molar-refractivity contribution in [2.24, 2.45) is 0 Å². The summed E-state index contributed by atoms with van der Waals surface area (Å²) in [4.78, 5) is 14.4. The van der Waals surface area contributed by atoms with E-state index in [1.807, 2.05) is 24.3 Å². The molecule has 1 N–H and O–H groups in total. The molecule has 0 bridgehead atoms. The molecule has 2 fully saturated rings. The van der Waals surface area contributed by atoms with Gasteiger partial charge in [-0.05, 0) is 53.8 Å². The lowest BCUT2D eigenvalue weighted by molar-refractivity contribution is -0.00747. The average molecular weight is 377 g/mol. The molecule has 2 aliphatic heterocycles. The van der Waals surface area contributed by atoms with Gasteiger partial charge in [-0.1, -0.05) is 24.6 Å². The van der Waals surface area contributed by atoms with Crippen LogP contribution >= 0.6 is 0 Å².